The van der Waals surface area contributed by atoms with Gasteiger partial charge in [0.1, 0.15) is 5.60 Å². The van der Waals surface area contributed by atoms with E-state index in [1.807, 2.05) is 39.0 Å². The van der Waals surface area contributed by atoms with Crippen LogP contribution in [0.4, 0.5) is 4.79 Å². The normalized spacial score (nSPS) is 13.0. The average molecular weight is 322 g/mol. The fraction of sp³-hybridized carbons (Fsp3) is 0.588. The summed E-state index contributed by atoms with van der Waals surface area (Å²) in [4.78, 5) is 13.4. The van der Waals surface area contributed by atoms with Crippen molar-refractivity contribution in [1.82, 2.24) is 10.2 Å². The molecule has 0 saturated heterocycles. The topological polar surface area (TPSA) is 60.0 Å². The molecule has 6 nitrogen and oxygen atoms in total. The van der Waals surface area contributed by atoms with Crippen LogP contribution >= 0.6 is 0 Å². The maximum absolute atomic E-state index is 11.8. The lowest BCUT2D eigenvalue weighted by Gasteiger charge is -2.24. The number of hydrogen-bond acceptors (Lipinski definition) is 5. The van der Waals surface area contributed by atoms with E-state index in [1.54, 1.807) is 11.9 Å². The Bertz CT molecular complexity index is 540. The van der Waals surface area contributed by atoms with E-state index < -0.39 is 5.60 Å². The van der Waals surface area contributed by atoms with E-state index in [2.05, 4.69) is 5.32 Å². The standard InChI is InChI=1S/C17H26N2O4/c1-17(2,3)23-16(20)19(4)9-5-8-18-11-13-6-7-14-15(10-13)22-12-21-14/h6-7,10,18H,5,8-9,11-12H2,1-4H3. The second kappa shape index (κ2) is 7.55. The van der Waals surface area contributed by atoms with E-state index >= 15 is 0 Å². The number of nitrogens with zero attached hydrogens (tertiary/aromatic N) is 1. The van der Waals surface area contributed by atoms with Crippen LogP contribution < -0.4 is 14.8 Å². The monoisotopic (exact) mass is 322 g/mol. The second-order valence-corrected chi connectivity index (χ2v) is 6.62. The van der Waals surface area contributed by atoms with Crippen molar-refractivity contribution in [2.75, 3.05) is 26.9 Å². The second-order valence-electron chi connectivity index (χ2n) is 6.62. The first-order valence-electron chi connectivity index (χ1n) is 7.88. The fourth-order valence-corrected chi connectivity index (χ4v) is 2.16. The van der Waals surface area contributed by atoms with Gasteiger partial charge in [-0.2, -0.15) is 0 Å². The summed E-state index contributed by atoms with van der Waals surface area (Å²) >= 11 is 0. The highest BCUT2D eigenvalue weighted by Crippen LogP contribution is 2.32. The van der Waals surface area contributed by atoms with Crippen molar-refractivity contribution in [3.05, 3.63) is 23.8 Å². The first-order chi connectivity index (χ1) is 10.8. The molecule has 0 spiro atoms. The molecule has 0 aromatic heterocycles. The predicted molar refractivity (Wildman–Crippen MR) is 87.8 cm³/mol. The van der Waals surface area contributed by atoms with E-state index in [0.717, 1.165) is 36.6 Å². The largest absolute Gasteiger partial charge is 0.454 e. The molecule has 0 atom stereocenters. The van der Waals surface area contributed by atoms with Crippen molar-refractivity contribution in [1.29, 1.82) is 0 Å². The molecular formula is C17H26N2O4. The molecular weight excluding hydrogens is 296 g/mol. The quantitative estimate of drug-likeness (QED) is 0.816. The van der Waals surface area contributed by atoms with Crippen LogP contribution in [0.15, 0.2) is 18.2 Å². The molecule has 1 amide bonds. The van der Waals surface area contributed by atoms with Crippen molar-refractivity contribution < 1.29 is 19.0 Å². The zero-order chi connectivity index (χ0) is 16.9. The van der Waals surface area contributed by atoms with E-state index in [9.17, 15) is 4.79 Å². The molecule has 2 rings (SSSR count). The number of carbonyl (C=O) groups excluding carboxylic acids is 1. The summed E-state index contributed by atoms with van der Waals surface area (Å²) < 4.78 is 16.0. The predicted octanol–water partition coefficient (Wildman–Crippen LogP) is 2.76. The van der Waals surface area contributed by atoms with Gasteiger partial charge in [-0.15, -0.1) is 0 Å². The van der Waals surface area contributed by atoms with Gasteiger partial charge in [0.15, 0.2) is 11.5 Å². The molecule has 1 N–H and O–H groups in total. The van der Waals surface area contributed by atoms with E-state index in [4.69, 9.17) is 14.2 Å². The number of hydrogen-bond donors (Lipinski definition) is 1. The van der Waals surface area contributed by atoms with E-state index in [-0.39, 0.29) is 6.09 Å². The Morgan fingerprint density at radius 1 is 1.30 bits per heavy atom. The van der Waals surface area contributed by atoms with Gasteiger partial charge >= 0.3 is 6.09 Å². The molecule has 0 unspecified atom stereocenters. The maximum atomic E-state index is 11.8. The van der Waals surface area contributed by atoms with Gasteiger partial charge in [-0.1, -0.05) is 6.07 Å². The molecule has 0 radical (unpaired) electrons. The zero-order valence-corrected chi connectivity index (χ0v) is 14.3. The summed E-state index contributed by atoms with van der Waals surface area (Å²) in [7, 11) is 1.76. The summed E-state index contributed by atoms with van der Waals surface area (Å²) in [5, 5.41) is 3.36. The third-order valence-electron chi connectivity index (χ3n) is 3.32. The number of nitrogens with one attached hydrogen (secondary N) is 1. The van der Waals surface area contributed by atoms with Gasteiger partial charge in [0.25, 0.3) is 0 Å². The van der Waals surface area contributed by atoms with Crippen molar-refractivity contribution in [3.8, 4) is 11.5 Å². The van der Waals surface area contributed by atoms with Gasteiger partial charge in [-0.3, -0.25) is 0 Å². The smallest absolute Gasteiger partial charge is 0.410 e. The SMILES string of the molecule is CN(CCCNCc1ccc2c(c1)OCO2)C(=O)OC(C)(C)C. The summed E-state index contributed by atoms with van der Waals surface area (Å²) in [6.07, 6.45) is 0.577. The van der Waals surface area contributed by atoms with Crippen LogP contribution in [0.2, 0.25) is 0 Å². The van der Waals surface area contributed by atoms with Crippen LogP contribution in [-0.4, -0.2) is 43.5 Å². The van der Waals surface area contributed by atoms with Gasteiger partial charge in [0.2, 0.25) is 6.79 Å². The highest BCUT2D eigenvalue weighted by molar-refractivity contribution is 5.67. The summed E-state index contributed by atoms with van der Waals surface area (Å²) in [5.41, 5.74) is 0.693. The number of carbonyl (C=O) groups is 1. The molecule has 0 aliphatic carbocycles. The van der Waals surface area contributed by atoms with Gasteiger partial charge in [0.05, 0.1) is 0 Å². The Morgan fingerprint density at radius 3 is 2.78 bits per heavy atom. The van der Waals surface area contributed by atoms with Crippen LogP contribution in [0.5, 0.6) is 11.5 Å². The molecule has 0 saturated carbocycles. The zero-order valence-electron chi connectivity index (χ0n) is 14.3. The van der Waals surface area contributed by atoms with Crippen LogP contribution in [-0.2, 0) is 11.3 Å². The third-order valence-corrected chi connectivity index (χ3v) is 3.32. The number of benzene rings is 1. The molecule has 1 aliphatic rings. The van der Waals surface area contributed by atoms with Crippen LogP contribution in [0.1, 0.15) is 32.8 Å². The molecule has 6 heteroatoms. The first kappa shape index (κ1) is 17.4. The van der Waals surface area contributed by atoms with Crippen molar-refractivity contribution in [2.24, 2.45) is 0 Å². The maximum Gasteiger partial charge on any atom is 0.410 e. The lowest BCUT2D eigenvalue weighted by molar-refractivity contribution is 0.0297. The highest BCUT2D eigenvalue weighted by Gasteiger charge is 2.19. The molecule has 1 heterocycles. The number of fused-ring (bicyclic) bond motifs is 1. The lowest BCUT2D eigenvalue weighted by Crippen LogP contribution is -2.35. The number of rotatable bonds is 6. The molecule has 0 bridgehead atoms. The van der Waals surface area contributed by atoms with Gasteiger partial charge in [0, 0.05) is 20.1 Å². The van der Waals surface area contributed by atoms with E-state index in [0.29, 0.717) is 13.3 Å². The molecule has 23 heavy (non-hydrogen) atoms. The van der Waals surface area contributed by atoms with Crippen molar-refractivity contribution >= 4 is 6.09 Å². The van der Waals surface area contributed by atoms with Crippen molar-refractivity contribution in [2.45, 2.75) is 39.3 Å². The Morgan fingerprint density at radius 2 is 2.04 bits per heavy atom. The molecule has 1 aromatic rings. The minimum absolute atomic E-state index is 0.284. The third kappa shape index (κ3) is 5.63. The minimum Gasteiger partial charge on any atom is -0.454 e. The van der Waals surface area contributed by atoms with E-state index in [1.165, 1.54) is 0 Å². The highest BCUT2D eigenvalue weighted by atomic mass is 16.7. The summed E-state index contributed by atoms with van der Waals surface area (Å²) in [6, 6.07) is 5.94. The van der Waals surface area contributed by atoms with Crippen LogP contribution in [0, 0.1) is 0 Å². The number of ether oxygens (including phenoxy) is 3. The Hall–Kier alpha value is -1.95. The number of amides is 1. The van der Waals surface area contributed by atoms with Crippen LogP contribution in [0.3, 0.4) is 0 Å². The molecule has 0 fully saturated rings. The lowest BCUT2D eigenvalue weighted by atomic mass is 10.2. The summed E-state index contributed by atoms with van der Waals surface area (Å²) in [6.45, 7) is 8.13. The average Bonchev–Trinajstić information content (AvgIpc) is 2.92. The van der Waals surface area contributed by atoms with Gasteiger partial charge in [-0.05, 0) is 51.4 Å². The van der Waals surface area contributed by atoms with Gasteiger partial charge in [-0.25, -0.2) is 4.79 Å². The fourth-order valence-electron chi connectivity index (χ4n) is 2.16. The summed E-state index contributed by atoms with van der Waals surface area (Å²) in [5.74, 6) is 1.60. The van der Waals surface area contributed by atoms with Crippen LogP contribution in [0.25, 0.3) is 0 Å². The molecule has 1 aliphatic heterocycles. The molecule has 1 aromatic carbocycles. The Balaban J connectivity index is 1.63. The molecule has 128 valence electrons. The van der Waals surface area contributed by atoms with Gasteiger partial charge < -0.3 is 24.4 Å². The Labute approximate surface area is 137 Å². The Kier molecular flexibility index (Phi) is 5.71. The minimum atomic E-state index is -0.455. The van der Waals surface area contributed by atoms with Crippen molar-refractivity contribution in [3.63, 3.8) is 0 Å². The first-order valence-corrected chi connectivity index (χ1v) is 7.88.